The molecule has 2 aromatic carbocycles. The number of alkyl carbamates (subject to hydrolysis) is 1. The third-order valence-corrected chi connectivity index (χ3v) is 8.02. The molecule has 1 aromatic heterocycles. The van der Waals surface area contributed by atoms with E-state index in [0.29, 0.717) is 12.2 Å². The molecule has 1 aliphatic heterocycles. The Balaban J connectivity index is 1.18. The topological polar surface area (TPSA) is 126 Å². The van der Waals surface area contributed by atoms with Crippen molar-refractivity contribution in [3.8, 4) is 22.4 Å². The van der Waals surface area contributed by atoms with Crippen LogP contribution in [0.2, 0.25) is 0 Å². The molecule has 3 aromatic rings. The molecule has 2 heterocycles. The van der Waals surface area contributed by atoms with Gasteiger partial charge in [0.1, 0.15) is 17.0 Å². The number of aromatic amines is 1. The molecule has 2 aliphatic rings. The minimum Gasteiger partial charge on any atom is -0.444 e. The summed E-state index contributed by atoms with van der Waals surface area (Å²) in [5.41, 5.74) is 3.42. The van der Waals surface area contributed by atoms with Crippen LogP contribution in [-0.2, 0) is 14.3 Å². The molecule has 0 bridgehead atoms. The van der Waals surface area contributed by atoms with Crippen LogP contribution in [0.15, 0.2) is 54.7 Å². The van der Waals surface area contributed by atoms with Gasteiger partial charge in [-0.2, -0.15) is 0 Å². The standard InChI is InChI=1S/C35H45N5O5/c1-34(2,3)44-32(42)39-27-10-7-9-26(27)31(41)37-25-18-16-23(17-19-25)22-12-14-24(15-13-22)28-21-36-30(38-28)29-11-8-20-40(29)33(43)45-35(4,5)6/h12-19,21,26-27,29H,7-11,20H2,1-6H3,(H,36,38)(H,37,41)(H,39,42)/t26-,27-,29-/m0/s1. The largest absolute Gasteiger partial charge is 0.444 e. The molecule has 2 fully saturated rings. The number of hydrogen-bond donors (Lipinski definition) is 3. The summed E-state index contributed by atoms with van der Waals surface area (Å²) in [5.74, 6) is 0.358. The molecule has 10 heteroatoms. The van der Waals surface area contributed by atoms with Crippen LogP contribution in [-0.4, -0.2) is 56.8 Å². The highest BCUT2D eigenvalue weighted by Gasteiger charge is 2.36. The van der Waals surface area contributed by atoms with E-state index in [-0.39, 0.29) is 30.0 Å². The van der Waals surface area contributed by atoms with Crippen molar-refractivity contribution >= 4 is 23.8 Å². The number of aromatic nitrogens is 2. The van der Waals surface area contributed by atoms with Gasteiger partial charge in [0.05, 0.1) is 17.7 Å². The first-order chi connectivity index (χ1) is 21.3. The Morgan fingerprint density at radius 1 is 0.822 bits per heavy atom. The molecule has 45 heavy (non-hydrogen) atoms. The molecule has 10 nitrogen and oxygen atoms in total. The van der Waals surface area contributed by atoms with E-state index < -0.39 is 17.3 Å². The zero-order chi connectivity index (χ0) is 32.4. The normalized spacial score (nSPS) is 20.1. The molecule has 1 aliphatic carbocycles. The summed E-state index contributed by atoms with van der Waals surface area (Å²) < 4.78 is 11.0. The van der Waals surface area contributed by atoms with E-state index in [2.05, 4.69) is 15.6 Å². The maximum Gasteiger partial charge on any atom is 0.410 e. The number of ether oxygens (including phenoxy) is 2. The zero-order valence-electron chi connectivity index (χ0n) is 27.1. The van der Waals surface area contributed by atoms with Crippen molar-refractivity contribution in [3.63, 3.8) is 0 Å². The van der Waals surface area contributed by atoms with E-state index in [0.717, 1.165) is 60.3 Å². The van der Waals surface area contributed by atoms with Crippen LogP contribution in [0.3, 0.4) is 0 Å². The quantitative estimate of drug-likeness (QED) is 0.265. The predicted molar refractivity (Wildman–Crippen MR) is 174 cm³/mol. The fourth-order valence-electron chi connectivity index (χ4n) is 5.97. The lowest BCUT2D eigenvalue weighted by Crippen LogP contribution is -2.44. The number of likely N-dealkylation sites (tertiary alicyclic amines) is 1. The van der Waals surface area contributed by atoms with Crippen LogP contribution in [0, 0.1) is 5.92 Å². The molecular weight excluding hydrogens is 570 g/mol. The van der Waals surface area contributed by atoms with Gasteiger partial charge < -0.3 is 25.1 Å². The van der Waals surface area contributed by atoms with Gasteiger partial charge in [-0.05, 0) is 90.5 Å². The van der Waals surface area contributed by atoms with Gasteiger partial charge in [-0.25, -0.2) is 14.6 Å². The highest BCUT2D eigenvalue weighted by Crippen LogP contribution is 2.33. The summed E-state index contributed by atoms with van der Waals surface area (Å²) >= 11 is 0. The number of carbonyl (C=O) groups excluding carboxylic acids is 3. The summed E-state index contributed by atoms with van der Waals surface area (Å²) in [6, 6.07) is 15.5. The number of rotatable bonds is 6. The number of amides is 3. The number of H-pyrrole nitrogens is 1. The van der Waals surface area contributed by atoms with Gasteiger partial charge in [0.15, 0.2) is 0 Å². The number of nitrogens with one attached hydrogen (secondary N) is 3. The number of nitrogens with zero attached hydrogens (tertiary/aromatic N) is 2. The summed E-state index contributed by atoms with van der Waals surface area (Å²) in [6.07, 6.45) is 5.16. The smallest absolute Gasteiger partial charge is 0.410 e. The number of hydrogen-bond acceptors (Lipinski definition) is 6. The lowest BCUT2D eigenvalue weighted by Gasteiger charge is -2.27. The van der Waals surface area contributed by atoms with Crippen LogP contribution in [0.25, 0.3) is 22.4 Å². The van der Waals surface area contributed by atoms with E-state index >= 15 is 0 Å². The van der Waals surface area contributed by atoms with Crippen molar-refractivity contribution in [1.29, 1.82) is 0 Å². The summed E-state index contributed by atoms with van der Waals surface area (Å²) in [7, 11) is 0. The first-order valence-corrected chi connectivity index (χ1v) is 15.8. The summed E-state index contributed by atoms with van der Waals surface area (Å²) in [5, 5.41) is 5.89. The Labute approximate surface area is 265 Å². The highest BCUT2D eigenvalue weighted by atomic mass is 16.6. The van der Waals surface area contributed by atoms with Crippen molar-refractivity contribution in [2.45, 2.75) is 96.9 Å². The Morgan fingerprint density at radius 3 is 2.09 bits per heavy atom. The van der Waals surface area contributed by atoms with Crippen LogP contribution in [0.4, 0.5) is 15.3 Å². The fourth-order valence-corrected chi connectivity index (χ4v) is 5.97. The number of anilines is 1. The molecule has 0 radical (unpaired) electrons. The van der Waals surface area contributed by atoms with Gasteiger partial charge in [0.2, 0.25) is 5.91 Å². The molecule has 240 valence electrons. The molecule has 1 saturated carbocycles. The van der Waals surface area contributed by atoms with Crippen LogP contribution >= 0.6 is 0 Å². The molecule has 0 spiro atoms. The Hall–Kier alpha value is -4.34. The molecular formula is C35H45N5O5. The van der Waals surface area contributed by atoms with Crippen LogP contribution in [0.1, 0.15) is 85.5 Å². The van der Waals surface area contributed by atoms with Gasteiger partial charge in [-0.1, -0.05) is 42.8 Å². The molecule has 1 saturated heterocycles. The maximum absolute atomic E-state index is 13.1. The zero-order valence-corrected chi connectivity index (χ0v) is 27.1. The Morgan fingerprint density at radius 2 is 1.44 bits per heavy atom. The molecule has 0 unspecified atom stereocenters. The molecule has 5 rings (SSSR count). The Kier molecular flexibility index (Phi) is 9.23. The van der Waals surface area contributed by atoms with Crippen molar-refractivity contribution in [3.05, 3.63) is 60.6 Å². The van der Waals surface area contributed by atoms with E-state index in [4.69, 9.17) is 14.5 Å². The van der Waals surface area contributed by atoms with Gasteiger partial charge >= 0.3 is 12.2 Å². The van der Waals surface area contributed by atoms with Gasteiger partial charge in [-0.3, -0.25) is 9.69 Å². The lowest BCUT2D eigenvalue weighted by atomic mass is 10.0. The third kappa shape index (κ3) is 8.23. The van der Waals surface area contributed by atoms with Crippen molar-refractivity contribution in [2.24, 2.45) is 5.92 Å². The van der Waals surface area contributed by atoms with Crippen molar-refractivity contribution in [2.75, 3.05) is 11.9 Å². The molecule has 3 amide bonds. The molecule has 3 atom stereocenters. The lowest BCUT2D eigenvalue weighted by molar-refractivity contribution is -0.120. The number of imidazole rings is 1. The predicted octanol–water partition coefficient (Wildman–Crippen LogP) is 7.45. The SMILES string of the molecule is CC(C)(C)OC(=O)N[C@H]1CCC[C@@H]1C(=O)Nc1ccc(-c2ccc(-c3c[nH]c([C@@H]4CCCN4C(=O)OC(C)(C)C)n3)cc2)cc1. The average Bonchev–Trinajstić information content (AvgIpc) is 3.72. The summed E-state index contributed by atoms with van der Waals surface area (Å²) in [4.78, 5) is 47.9. The van der Waals surface area contributed by atoms with Crippen molar-refractivity contribution in [1.82, 2.24) is 20.2 Å². The van der Waals surface area contributed by atoms with E-state index in [9.17, 15) is 14.4 Å². The molecule has 3 N–H and O–H groups in total. The van der Waals surface area contributed by atoms with Crippen LogP contribution in [0.5, 0.6) is 0 Å². The van der Waals surface area contributed by atoms with Gasteiger partial charge in [0, 0.05) is 30.0 Å². The average molecular weight is 616 g/mol. The van der Waals surface area contributed by atoms with E-state index in [1.807, 2.05) is 96.3 Å². The minimum absolute atomic E-state index is 0.101. The second-order valence-corrected chi connectivity index (χ2v) is 13.9. The third-order valence-electron chi connectivity index (χ3n) is 8.02. The second kappa shape index (κ2) is 12.9. The highest BCUT2D eigenvalue weighted by molar-refractivity contribution is 5.93. The maximum atomic E-state index is 13.1. The van der Waals surface area contributed by atoms with Gasteiger partial charge in [0.25, 0.3) is 0 Å². The monoisotopic (exact) mass is 615 g/mol. The first kappa shape index (κ1) is 32.1. The minimum atomic E-state index is -0.590. The van der Waals surface area contributed by atoms with E-state index in [1.54, 1.807) is 4.90 Å². The van der Waals surface area contributed by atoms with Crippen molar-refractivity contribution < 1.29 is 23.9 Å². The summed E-state index contributed by atoms with van der Waals surface area (Å²) in [6.45, 7) is 11.7. The Bertz CT molecular complexity index is 1500. The first-order valence-electron chi connectivity index (χ1n) is 15.8. The fraction of sp³-hybridized carbons (Fsp3) is 0.486. The number of carbonyl (C=O) groups is 3. The van der Waals surface area contributed by atoms with Crippen LogP contribution < -0.4 is 10.6 Å². The number of benzene rings is 2. The van der Waals surface area contributed by atoms with E-state index in [1.165, 1.54) is 0 Å². The second-order valence-electron chi connectivity index (χ2n) is 13.9. The van der Waals surface area contributed by atoms with Gasteiger partial charge in [-0.15, -0.1) is 0 Å².